The van der Waals surface area contributed by atoms with Gasteiger partial charge in [-0.1, -0.05) is 34.8 Å². The van der Waals surface area contributed by atoms with Crippen molar-refractivity contribution in [3.8, 4) is 11.5 Å². The van der Waals surface area contributed by atoms with E-state index in [-0.39, 0.29) is 27.5 Å². The summed E-state index contributed by atoms with van der Waals surface area (Å²) in [6.07, 6.45) is 5.84. The number of methoxy groups -OCH3 is 1. The summed E-state index contributed by atoms with van der Waals surface area (Å²) in [5.41, 5.74) is 0.444. The number of amides is 1. The first-order chi connectivity index (χ1) is 12.5. The molecule has 0 bridgehead atoms. The second kappa shape index (κ2) is 8.33. The van der Waals surface area contributed by atoms with E-state index >= 15 is 0 Å². The number of halogens is 3. The monoisotopic (exact) mass is 414 g/mol. The average molecular weight is 416 g/mol. The van der Waals surface area contributed by atoms with Gasteiger partial charge in [-0.15, -0.1) is 0 Å². The molecule has 0 atom stereocenters. The molecule has 0 aliphatic heterocycles. The molecular weight excluding hydrogens is 399 g/mol. The van der Waals surface area contributed by atoms with Crippen molar-refractivity contribution < 1.29 is 14.3 Å². The maximum Gasteiger partial charge on any atom is 0.274 e. The number of aromatic nitrogens is 1. The number of hydrogen-bond acceptors (Lipinski definition) is 4. The highest BCUT2D eigenvalue weighted by Gasteiger charge is 2.21. The number of carbonyl (C=O) groups is 1. The number of benzene rings is 1. The van der Waals surface area contributed by atoms with Gasteiger partial charge in [0.1, 0.15) is 5.69 Å². The molecule has 0 radical (unpaired) electrons. The SMILES string of the molecule is COc1cnc(C(=O)Nc2c(Cl)cc(Cl)cc2Cl)cc1OC1CCCC1. The molecule has 5 nitrogen and oxygen atoms in total. The van der Waals surface area contributed by atoms with Crippen molar-refractivity contribution in [2.75, 3.05) is 12.4 Å². The molecule has 8 heteroatoms. The van der Waals surface area contributed by atoms with Crippen LogP contribution in [0.15, 0.2) is 24.4 Å². The van der Waals surface area contributed by atoms with Crippen LogP contribution in [0, 0.1) is 0 Å². The van der Waals surface area contributed by atoms with E-state index in [1.165, 1.54) is 25.4 Å². The summed E-state index contributed by atoms with van der Waals surface area (Å²) in [4.78, 5) is 16.7. The number of ether oxygens (including phenoxy) is 2. The van der Waals surface area contributed by atoms with Crippen LogP contribution in [0.5, 0.6) is 11.5 Å². The molecule has 1 saturated carbocycles. The van der Waals surface area contributed by atoms with Crippen LogP contribution in [-0.2, 0) is 0 Å². The molecule has 26 heavy (non-hydrogen) atoms. The molecule has 1 aromatic heterocycles. The van der Waals surface area contributed by atoms with E-state index in [4.69, 9.17) is 44.3 Å². The second-order valence-electron chi connectivity index (χ2n) is 5.94. The average Bonchev–Trinajstić information content (AvgIpc) is 3.11. The summed E-state index contributed by atoms with van der Waals surface area (Å²) in [6, 6.07) is 4.56. The molecular formula is C18H17Cl3N2O3. The number of nitrogens with one attached hydrogen (secondary N) is 1. The lowest BCUT2D eigenvalue weighted by atomic mass is 10.2. The van der Waals surface area contributed by atoms with Crippen LogP contribution in [0.4, 0.5) is 5.69 Å². The summed E-state index contributed by atoms with van der Waals surface area (Å²) in [7, 11) is 1.53. The fourth-order valence-electron chi connectivity index (χ4n) is 2.82. The van der Waals surface area contributed by atoms with E-state index in [0.717, 1.165) is 25.7 Å². The third-order valence-electron chi connectivity index (χ3n) is 4.13. The summed E-state index contributed by atoms with van der Waals surface area (Å²) < 4.78 is 11.3. The van der Waals surface area contributed by atoms with Crippen molar-refractivity contribution in [2.45, 2.75) is 31.8 Å². The Bertz CT molecular complexity index is 800. The zero-order valence-corrected chi connectivity index (χ0v) is 16.3. The van der Waals surface area contributed by atoms with Gasteiger partial charge in [-0.3, -0.25) is 4.79 Å². The van der Waals surface area contributed by atoms with Gasteiger partial charge in [0.2, 0.25) is 0 Å². The Hall–Kier alpha value is -1.69. The highest BCUT2D eigenvalue weighted by atomic mass is 35.5. The van der Waals surface area contributed by atoms with Crippen molar-refractivity contribution in [1.82, 2.24) is 4.98 Å². The zero-order valence-electron chi connectivity index (χ0n) is 14.0. The highest BCUT2D eigenvalue weighted by molar-refractivity contribution is 6.42. The van der Waals surface area contributed by atoms with Gasteiger partial charge >= 0.3 is 0 Å². The summed E-state index contributed by atoms with van der Waals surface area (Å²) in [5.74, 6) is 0.513. The van der Waals surface area contributed by atoms with E-state index in [9.17, 15) is 4.79 Å². The standard InChI is InChI=1S/C18H17Cl3N2O3/c1-25-16-9-22-14(8-15(16)26-11-4-2-3-5-11)18(24)23-17-12(20)6-10(19)7-13(17)21/h6-9,11H,2-5H2,1H3,(H,23,24). The number of nitrogens with zero attached hydrogens (tertiary/aromatic N) is 1. The minimum atomic E-state index is -0.463. The van der Waals surface area contributed by atoms with E-state index in [1.807, 2.05) is 0 Å². The van der Waals surface area contributed by atoms with Crippen molar-refractivity contribution in [3.63, 3.8) is 0 Å². The molecule has 1 aromatic carbocycles. The van der Waals surface area contributed by atoms with Crippen molar-refractivity contribution in [2.24, 2.45) is 0 Å². The Morgan fingerprint density at radius 1 is 1.12 bits per heavy atom. The second-order valence-corrected chi connectivity index (χ2v) is 7.19. The first kappa shape index (κ1) is 19.1. The number of carbonyl (C=O) groups excluding carboxylic acids is 1. The van der Waals surface area contributed by atoms with E-state index in [1.54, 1.807) is 6.07 Å². The molecule has 0 saturated heterocycles. The maximum absolute atomic E-state index is 12.6. The third-order valence-corrected chi connectivity index (χ3v) is 4.94. The Balaban J connectivity index is 1.83. The molecule has 3 rings (SSSR count). The van der Waals surface area contributed by atoms with Crippen LogP contribution in [0.2, 0.25) is 15.1 Å². The fraction of sp³-hybridized carbons (Fsp3) is 0.333. The summed E-state index contributed by atoms with van der Waals surface area (Å²) in [6.45, 7) is 0. The zero-order chi connectivity index (χ0) is 18.7. The smallest absolute Gasteiger partial charge is 0.274 e. The maximum atomic E-state index is 12.6. The molecule has 1 heterocycles. The van der Waals surface area contributed by atoms with Gasteiger partial charge in [0.25, 0.3) is 5.91 Å². The number of hydrogen-bond donors (Lipinski definition) is 1. The lowest BCUT2D eigenvalue weighted by molar-refractivity contribution is 0.102. The van der Waals surface area contributed by atoms with Gasteiger partial charge in [0.05, 0.1) is 35.1 Å². The molecule has 1 amide bonds. The lowest BCUT2D eigenvalue weighted by Crippen LogP contribution is -2.16. The Morgan fingerprint density at radius 3 is 2.38 bits per heavy atom. The molecule has 0 spiro atoms. The normalized spacial score (nSPS) is 14.3. The molecule has 1 fully saturated rings. The van der Waals surface area contributed by atoms with Gasteiger partial charge in [-0.25, -0.2) is 4.98 Å². The van der Waals surface area contributed by atoms with E-state index in [2.05, 4.69) is 10.3 Å². The van der Waals surface area contributed by atoms with Gasteiger partial charge in [-0.2, -0.15) is 0 Å². The first-order valence-corrected chi connectivity index (χ1v) is 9.28. The molecule has 138 valence electrons. The van der Waals surface area contributed by atoms with Crippen LogP contribution in [0.25, 0.3) is 0 Å². The van der Waals surface area contributed by atoms with E-state index in [0.29, 0.717) is 16.5 Å². The van der Waals surface area contributed by atoms with Crippen molar-refractivity contribution in [1.29, 1.82) is 0 Å². The minimum Gasteiger partial charge on any atom is -0.491 e. The Morgan fingerprint density at radius 2 is 1.77 bits per heavy atom. The Labute approximate surface area is 166 Å². The molecule has 0 unspecified atom stereocenters. The third kappa shape index (κ3) is 4.34. The highest BCUT2D eigenvalue weighted by Crippen LogP contribution is 2.35. The van der Waals surface area contributed by atoms with Crippen molar-refractivity contribution in [3.05, 3.63) is 45.2 Å². The van der Waals surface area contributed by atoms with Gasteiger partial charge < -0.3 is 14.8 Å². The van der Waals surface area contributed by atoms with Crippen molar-refractivity contribution >= 4 is 46.4 Å². The molecule has 1 aliphatic carbocycles. The quantitative estimate of drug-likeness (QED) is 0.688. The number of rotatable bonds is 5. The van der Waals surface area contributed by atoms with Crippen LogP contribution in [0.3, 0.4) is 0 Å². The largest absolute Gasteiger partial charge is 0.491 e. The Kier molecular flexibility index (Phi) is 6.12. The molecule has 2 aromatic rings. The lowest BCUT2D eigenvalue weighted by Gasteiger charge is -2.16. The van der Waals surface area contributed by atoms with Gasteiger partial charge in [0, 0.05) is 11.1 Å². The fourth-order valence-corrected chi connectivity index (χ4v) is 3.73. The minimum absolute atomic E-state index is 0.127. The predicted molar refractivity (Wildman–Crippen MR) is 103 cm³/mol. The van der Waals surface area contributed by atoms with Gasteiger partial charge in [0.15, 0.2) is 11.5 Å². The van der Waals surface area contributed by atoms with Crippen LogP contribution in [-0.4, -0.2) is 24.1 Å². The summed E-state index contributed by atoms with van der Waals surface area (Å²) >= 11 is 18.1. The topological polar surface area (TPSA) is 60.5 Å². The number of pyridine rings is 1. The van der Waals surface area contributed by atoms with Gasteiger partial charge in [-0.05, 0) is 37.8 Å². The van der Waals surface area contributed by atoms with Crippen LogP contribution >= 0.6 is 34.8 Å². The first-order valence-electron chi connectivity index (χ1n) is 8.14. The molecule has 1 aliphatic rings. The number of anilines is 1. The van der Waals surface area contributed by atoms with E-state index < -0.39 is 5.91 Å². The predicted octanol–water partition coefficient (Wildman–Crippen LogP) is 5.62. The molecule has 1 N–H and O–H groups in total. The van der Waals surface area contributed by atoms with Crippen LogP contribution < -0.4 is 14.8 Å². The van der Waals surface area contributed by atoms with Crippen LogP contribution in [0.1, 0.15) is 36.2 Å². The summed E-state index contributed by atoms with van der Waals surface area (Å²) in [5, 5.41) is 3.53.